The number of likely N-dealkylation sites (tertiary alicyclic amines) is 1. The number of piperidine rings is 1. The van der Waals surface area contributed by atoms with Crippen molar-refractivity contribution < 1.29 is 9.18 Å². The van der Waals surface area contributed by atoms with Crippen LogP contribution in [0.1, 0.15) is 25.7 Å². The van der Waals surface area contributed by atoms with Crippen LogP contribution in [0.5, 0.6) is 0 Å². The summed E-state index contributed by atoms with van der Waals surface area (Å²) in [5.41, 5.74) is 0.530. The molecular formula is C17H24Cl2FN3O. The van der Waals surface area contributed by atoms with Gasteiger partial charge in [-0.2, -0.15) is 0 Å². The SMILES string of the molecule is Cl.O=C(CN1CCC(NCC2CC2)CC1)Nc1ccc(F)c(Cl)c1. The molecule has 0 radical (unpaired) electrons. The second-order valence-corrected chi connectivity index (χ2v) is 6.99. The fourth-order valence-electron chi connectivity index (χ4n) is 2.93. The Hall–Kier alpha value is -0.880. The van der Waals surface area contributed by atoms with Gasteiger partial charge in [0.1, 0.15) is 5.82 Å². The first-order valence-electron chi connectivity index (χ1n) is 8.31. The molecule has 3 rings (SSSR count). The smallest absolute Gasteiger partial charge is 0.238 e. The van der Waals surface area contributed by atoms with Crippen LogP contribution >= 0.6 is 24.0 Å². The molecule has 1 aliphatic heterocycles. The Labute approximate surface area is 153 Å². The molecule has 1 saturated carbocycles. The zero-order valence-electron chi connectivity index (χ0n) is 13.6. The molecule has 0 atom stereocenters. The molecule has 0 aromatic heterocycles. The fourth-order valence-corrected chi connectivity index (χ4v) is 3.11. The molecule has 4 nitrogen and oxygen atoms in total. The van der Waals surface area contributed by atoms with Gasteiger partial charge in [-0.1, -0.05) is 11.6 Å². The number of carbonyl (C=O) groups excluding carboxylic acids is 1. The van der Waals surface area contributed by atoms with E-state index in [4.69, 9.17) is 11.6 Å². The van der Waals surface area contributed by atoms with Crippen molar-refractivity contribution in [3.63, 3.8) is 0 Å². The van der Waals surface area contributed by atoms with Crippen LogP contribution in [0.25, 0.3) is 0 Å². The van der Waals surface area contributed by atoms with Crippen LogP contribution < -0.4 is 10.6 Å². The summed E-state index contributed by atoms with van der Waals surface area (Å²) in [6.45, 7) is 3.38. The lowest BCUT2D eigenvalue weighted by Crippen LogP contribution is -2.45. The Morgan fingerprint density at radius 3 is 2.58 bits per heavy atom. The van der Waals surface area contributed by atoms with Crippen molar-refractivity contribution in [2.24, 2.45) is 5.92 Å². The first-order chi connectivity index (χ1) is 11.1. The Morgan fingerprint density at radius 2 is 1.96 bits per heavy atom. The van der Waals surface area contributed by atoms with Crippen molar-refractivity contribution in [2.45, 2.75) is 31.7 Å². The lowest BCUT2D eigenvalue weighted by Gasteiger charge is -2.32. The number of carbonyl (C=O) groups is 1. The molecule has 2 N–H and O–H groups in total. The van der Waals surface area contributed by atoms with Gasteiger partial charge in [-0.25, -0.2) is 4.39 Å². The molecule has 0 spiro atoms. The van der Waals surface area contributed by atoms with Gasteiger partial charge in [-0.05, 0) is 56.3 Å². The van der Waals surface area contributed by atoms with E-state index in [1.165, 1.54) is 31.0 Å². The second kappa shape index (κ2) is 8.99. The average molecular weight is 376 g/mol. The summed E-state index contributed by atoms with van der Waals surface area (Å²) < 4.78 is 13.1. The third-order valence-corrected chi connectivity index (χ3v) is 4.84. The molecule has 1 aromatic rings. The second-order valence-electron chi connectivity index (χ2n) is 6.58. The number of benzene rings is 1. The summed E-state index contributed by atoms with van der Waals surface area (Å²) in [5.74, 6) is 0.337. The number of nitrogens with zero attached hydrogens (tertiary/aromatic N) is 1. The van der Waals surface area contributed by atoms with Gasteiger partial charge in [-0.15, -0.1) is 12.4 Å². The van der Waals surface area contributed by atoms with Crippen molar-refractivity contribution in [1.82, 2.24) is 10.2 Å². The minimum Gasteiger partial charge on any atom is -0.325 e. The van der Waals surface area contributed by atoms with Crippen molar-refractivity contribution >= 4 is 35.6 Å². The summed E-state index contributed by atoms with van der Waals surface area (Å²) in [4.78, 5) is 14.2. The molecule has 0 unspecified atom stereocenters. The van der Waals surface area contributed by atoms with E-state index in [2.05, 4.69) is 15.5 Å². The number of hydrogen-bond donors (Lipinski definition) is 2. The van der Waals surface area contributed by atoms with Gasteiger partial charge in [0.05, 0.1) is 11.6 Å². The highest BCUT2D eigenvalue weighted by molar-refractivity contribution is 6.31. The number of amides is 1. The first kappa shape index (κ1) is 19.4. The van der Waals surface area contributed by atoms with Crippen LogP contribution in [0, 0.1) is 11.7 Å². The summed E-state index contributed by atoms with van der Waals surface area (Å²) in [6.07, 6.45) is 4.92. The van der Waals surface area contributed by atoms with Gasteiger partial charge in [0.25, 0.3) is 0 Å². The average Bonchev–Trinajstić information content (AvgIpc) is 3.34. The fraction of sp³-hybridized carbons (Fsp3) is 0.588. The van der Waals surface area contributed by atoms with Crippen molar-refractivity contribution in [3.8, 4) is 0 Å². The normalized spacial score (nSPS) is 18.9. The molecule has 7 heteroatoms. The highest BCUT2D eigenvalue weighted by Crippen LogP contribution is 2.28. The van der Waals surface area contributed by atoms with E-state index in [0.29, 0.717) is 18.3 Å². The third-order valence-electron chi connectivity index (χ3n) is 4.55. The van der Waals surface area contributed by atoms with Gasteiger partial charge >= 0.3 is 0 Å². The van der Waals surface area contributed by atoms with E-state index in [1.54, 1.807) is 0 Å². The quantitative estimate of drug-likeness (QED) is 0.801. The van der Waals surface area contributed by atoms with Crippen LogP contribution in [0.3, 0.4) is 0 Å². The molecule has 1 amide bonds. The molecule has 2 aliphatic rings. The minimum atomic E-state index is -0.481. The van der Waals surface area contributed by atoms with Gasteiger partial charge in [0.2, 0.25) is 5.91 Å². The molecule has 1 aromatic carbocycles. The van der Waals surface area contributed by atoms with E-state index in [9.17, 15) is 9.18 Å². The van der Waals surface area contributed by atoms with Crippen molar-refractivity contribution in [2.75, 3.05) is 31.5 Å². The highest BCUT2D eigenvalue weighted by Gasteiger charge is 2.25. The zero-order chi connectivity index (χ0) is 16.2. The number of anilines is 1. The predicted octanol–water partition coefficient (Wildman–Crippen LogP) is 3.30. The Balaban J connectivity index is 0.00000208. The van der Waals surface area contributed by atoms with E-state index in [0.717, 1.165) is 38.4 Å². The van der Waals surface area contributed by atoms with E-state index in [-0.39, 0.29) is 23.3 Å². The number of nitrogens with one attached hydrogen (secondary N) is 2. The Morgan fingerprint density at radius 1 is 1.25 bits per heavy atom. The molecule has 1 heterocycles. The zero-order valence-corrected chi connectivity index (χ0v) is 15.1. The summed E-state index contributed by atoms with van der Waals surface area (Å²) in [7, 11) is 0. The molecule has 0 bridgehead atoms. The topological polar surface area (TPSA) is 44.4 Å². The lowest BCUT2D eigenvalue weighted by molar-refractivity contribution is -0.117. The maximum Gasteiger partial charge on any atom is 0.238 e. The highest BCUT2D eigenvalue weighted by atomic mass is 35.5. The Kier molecular flexibility index (Phi) is 7.29. The maximum absolute atomic E-state index is 13.1. The van der Waals surface area contributed by atoms with Crippen molar-refractivity contribution in [3.05, 3.63) is 29.0 Å². The van der Waals surface area contributed by atoms with Gasteiger partial charge in [0, 0.05) is 24.8 Å². The van der Waals surface area contributed by atoms with Crippen molar-refractivity contribution in [1.29, 1.82) is 0 Å². The summed E-state index contributed by atoms with van der Waals surface area (Å²) >= 11 is 5.72. The Bertz CT molecular complexity index is 561. The molecular weight excluding hydrogens is 352 g/mol. The van der Waals surface area contributed by atoms with Crippen LogP contribution in [0.4, 0.5) is 10.1 Å². The molecule has 1 aliphatic carbocycles. The predicted molar refractivity (Wildman–Crippen MR) is 97.5 cm³/mol. The monoisotopic (exact) mass is 375 g/mol. The lowest BCUT2D eigenvalue weighted by atomic mass is 10.0. The molecule has 2 fully saturated rings. The number of rotatable bonds is 6. The molecule has 24 heavy (non-hydrogen) atoms. The van der Waals surface area contributed by atoms with Crippen LogP contribution in [-0.4, -0.2) is 43.0 Å². The number of hydrogen-bond acceptors (Lipinski definition) is 3. The molecule has 134 valence electrons. The molecule has 1 saturated heterocycles. The summed E-state index contributed by atoms with van der Waals surface area (Å²) in [5, 5.41) is 6.42. The van der Waals surface area contributed by atoms with E-state index >= 15 is 0 Å². The summed E-state index contributed by atoms with van der Waals surface area (Å²) in [6, 6.07) is 4.80. The largest absolute Gasteiger partial charge is 0.325 e. The number of halogens is 3. The van der Waals surface area contributed by atoms with Crippen LogP contribution in [0.2, 0.25) is 5.02 Å². The van der Waals surface area contributed by atoms with E-state index < -0.39 is 5.82 Å². The van der Waals surface area contributed by atoms with Gasteiger partial charge < -0.3 is 10.6 Å². The first-order valence-corrected chi connectivity index (χ1v) is 8.68. The standard InChI is InChI=1S/C17H23ClFN3O.ClH/c18-15-9-14(3-4-16(15)19)21-17(23)11-22-7-5-13(6-8-22)20-10-12-1-2-12;/h3-4,9,12-13,20H,1-2,5-8,10-11H2,(H,21,23);1H. The minimum absolute atomic E-state index is 0. The van der Waals surface area contributed by atoms with Gasteiger partial charge in [0.15, 0.2) is 0 Å². The van der Waals surface area contributed by atoms with Crippen LogP contribution in [-0.2, 0) is 4.79 Å². The third kappa shape index (κ3) is 5.88. The van der Waals surface area contributed by atoms with Crippen LogP contribution in [0.15, 0.2) is 18.2 Å². The van der Waals surface area contributed by atoms with E-state index in [1.807, 2.05) is 0 Å². The maximum atomic E-state index is 13.1. The van der Waals surface area contributed by atoms with Gasteiger partial charge in [-0.3, -0.25) is 9.69 Å².